The monoisotopic (exact) mass is 292 g/mol. The van der Waals surface area contributed by atoms with Crippen molar-refractivity contribution in [3.05, 3.63) is 41.0 Å². The summed E-state index contributed by atoms with van der Waals surface area (Å²) in [6.45, 7) is 8.22. The van der Waals surface area contributed by atoms with E-state index in [9.17, 15) is 24.6 Å². The molecule has 0 heterocycles. The zero-order chi connectivity index (χ0) is 16.3. The topological polar surface area (TPSA) is 101 Å². The molecule has 0 aliphatic carbocycles. The summed E-state index contributed by atoms with van der Waals surface area (Å²) in [6.07, 6.45) is 0.953. The number of carbonyl (C=O) groups is 3. The maximum Gasteiger partial charge on any atom is 0.337 e. The minimum absolute atomic E-state index is 0.0669. The van der Waals surface area contributed by atoms with Crippen molar-refractivity contribution in [1.29, 1.82) is 0 Å². The molecular weight excluding hydrogens is 276 g/mol. The lowest BCUT2D eigenvalue weighted by atomic mass is 9.90. The van der Waals surface area contributed by atoms with Gasteiger partial charge in [-0.15, -0.1) is 0 Å². The zero-order valence-corrected chi connectivity index (χ0v) is 12.0. The number of benzene rings is 1. The van der Waals surface area contributed by atoms with Gasteiger partial charge >= 0.3 is 17.9 Å². The molecule has 6 nitrogen and oxygen atoms in total. The molecule has 0 unspecified atom stereocenters. The number of carboxylic acid groups (broad SMARTS) is 2. The molecule has 0 aromatic heterocycles. The molecule has 0 radical (unpaired) electrons. The first-order valence-electron chi connectivity index (χ1n) is 6.19. The highest BCUT2D eigenvalue weighted by molar-refractivity contribution is 6.04. The van der Waals surface area contributed by atoms with Crippen LogP contribution >= 0.6 is 0 Å². The molecule has 112 valence electrons. The Labute approximate surface area is 121 Å². The Morgan fingerprint density at radius 2 is 1.81 bits per heavy atom. The molecule has 0 saturated heterocycles. The van der Waals surface area contributed by atoms with Crippen LogP contribution in [0.1, 0.15) is 51.6 Å². The van der Waals surface area contributed by atoms with Gasteiger partial charge in [-0.2, -0.15) is 0 Å². The lowest BCUT2D eigenvalue weighted by molar-refractivity contribution is -0.129. The summed E-state index contributed by atoms with van der Waals surface area (Å²) in [7, 11) is 0. The van der Waals surface area contributed by atoms with Gasteiger partial charge in [0.25, 0.3) is 0 Å². The first kappa shape index (κ1) is 16.4. The average Bonchev–Trinajstić information content (AvgIpc) is 2.38. The van der Waals surface area contributed by atoms with Gasteiger partial charge in [-0.05, 0) is 24.5 Å². The third-order valence-corrected chi connectivity index (χ3v) is 2.89. The lowest BCUT2D eigenvalue weighted by Crippen LogP contribution is -2.16. The Bertz CT molecular complexity index is 628. The Morgan fingerprint density at radius 1 is 1.24 bits per heavy atom. The van der Waals surface area contributed by atoms with Gasteiger partial charge in [0, 0.05) is 11.6 Å². The third kappa shape index (κ3) is 3.28. The Balaban J connectivity index is 3.76. The SMILES string of the molecule is C=CC(=O)Oc1c(C)cc(C(=O)O)c(C(=O)O)c1C(C)C. The van der Waals surface area contributed by atoms with Crippen molar-refractivity contribution in [3.8, 4) is 5.75 Å². The second kappa shape index (κ2) is 6.21. The highest BCUT2D eigenvalue weighted by Crippen LogP contribution is 2.36. The molecule has 0 fully saturated rings. The molecule has 0 aliphatic rings. The number of aryl methyl sites for hydroxylation is 1. The molecule has 6 heteroatoms. The van der Waals surface area contributed by atoms with Crippen molar-refractivity contribution in [2.45, 2.75) is 26.7 Å². The predicted molar refractivity (Wildman–Crippen MR) is 75.0 cm³/mol. The standard InChI is InChI=1S/C15H16O6/c1-5-10(16)21-13-8(4)6-9(14(17)18)12(15(19)20)11(13)7(2)3/h5-7H,1H2,2-4H3,(H,17,18)(H,19,20). The minimum Gasteiger partial charge on any atom is -0.478 e. The van der Waals surface area contributed by atoms with E-state index in [-0.39, 0.29) is 28.4 Å². The second-order valence-corrected chi connectivity index (χ2v) is 4.75. The van der Waals surface area contributed by atoms with Crippen LogP contribution < -0.4 is 4.74 Å². The van der Waals surface area contributed by atoms with Crippen molar-refractivity contribution in [2.75, 3.05) is 0 Å². The maximum absolute atomic E-state index is 11.4. The Hall–Kier alpha value is -2.63. The summed E-state index contributed by atoms with van der Waals surface area (Å²) in [5.74, 6) is -3.75. The zero-order valence-electron chi connectivity index (χ0n) is 12.0. The van der Waals surface area contributed by atoms with Crippen molar-refractivity contribution >= 4 is 17.9 Å². The highest BCUT2D eigenvalue weighted by atomic mass is 16.5. The van der Waals surface area contributed by atoms with Crippen molar-refractivity contribution in [1.82, 2.24) is 0 Å². The molecule has 0 saturated carbocycles. The smallest absolute Gasteiger partial charge is 0.337 e. The summed E-state index contributed by atoms with van der Waals surface area (Å²) >= 11 is 0. The molecule has 1 rings (SSSR count). The number of carbonyl (C=O) groups excluding carboxylic acids is 1. The molecule has 2 N–H and O–H groups in total. The van der Waals surface area contributed by atoms with Gasteiger partial charge in [0.15, 0.2) is 0 Å². The summed E-state index contributed by atoms with van der Waals surface area (Å²) in [5, 5.41) is 18.5. The van der Waals surface area contributed by atoms with Gasteiger partial charge in [-0.3, -0.25) is 0 Å². The van der Waals surface area contributed by atoms with Crippen LogP contribution in [0.4, 0.5) is 0 Å². The van der Waals surface area contributed by atoms with Crippen molar-refractivity contribution < 1.29 is 29.3 Å². The summed E-state index contributed by atoms with van der Waals surface area (Å²) in [4.78, 5) is 34.1. The molecule has 0 atom stereocenters. The van der Waals surface area contributed by atoms with Gasteiger partial charge in [-0.1, -0.05) is 20.4 Å². The molecule has 0 bridgehead atoms. The lowest BCUT2D eigenvalue weighted by Gasteiger charge is -2.19. The van der Waals surface area contributed by atoms with E-state index in [0.29, 0.717) is 5.56 Å². The maximum atomic E-state index is 11.4. The predicted octanol–water partition coefficient (Wildman–Crippen LogP) is 2.61. The van der Waals surface area contributed by atoms with Crippen LogP contribution in [0, 0.1) is 6.92 Å². The quantitative estimate of drug-likeness (QED) is 0.491. The highest BCUT2D eigenvalue weighted by Gasteiger charge is 2.27. The fourth-order valence-corrected chi connectivity index (χ4v) is 2.05. The van der Waals surface area contributed by atoms with Crippen molar-refractivity contribution in [2.24, 2.45) is 0 Å². The van der Waals surface area contributed by atoms with Gasteiger partial charge in [-0.25, -0.2) is 14.4 Å². The van der Waals surface area contributed by atoms with E-state index < -0.39 is 17.9 Å². The van der Waals surface area contributed by atoms with Gasteiger partial charge in [0.2, 0.25) is 0 Å². The molecule has 1 aromatic rings. The Kier molecular flexibility index (Phi) is 4.86. The normalized spacial score (nSPS) is 10.3. The van der Waals surface area contributed by atoms with Gasteiger partial charge in [0.05, 0.1) is 11.1 Å². The fraction of sp³-hybridized carbons (Fsp3) is 0.267. The van der Waals surface area contributed by atoms with Gasteiger partial charge in [0.1, 0.15) is 5.75 Å². The second-order valence-electron chi connectivity index (χ2n) is 4.75. The van der Waals surface area contributed by atoms with E-state index in [1.165, 1.54) is 6.07 Å². The van der Waals surface area contributed by atoms with E-state index in [0.717, 1.165) is 6.08 Å². The largest absolute Gasteiger partial charge is 0.478 e. The summed E-state index contributed by atoms with van der Waals surface area (Å²) in [6, 6.07) is 1.18. The van der Waals surface area contributed by atoms with E-state index in [1.807, 2.05) is 0 Å². The van der Waals surface area contributed by atoms with Crippen molar-refractivity contribution in [3.63, 3.8) is 0 Å². The average molecular weight is 292 g/mol. The van der Waals surface area contributed by atoms with Crippen LogP contribution in [-0.2, 0) is 4.79 Å². The van der Waals surface area contributed by atoms with E-state index in [2.05, 4.69) is 6.58 Å². The first-order chi connectivity index (χ1) is 9.70. The number of hydrogen-bond donors (Lipinski definition) is 2. The minimum atomic E-state index is -1.38. The first-order valence-corrected chi connectivity index (χ1v) is 6.19. The van der Waals surface area contributed by atoms with Crippen LogP contribution in [-0.4, -0.2) is 28.1 Å². The Morgan fingerprint density at radius 3 is 2.19 bits per heavy atom. The number of esters is 1. The van der Waals surface area contributed by atoms with E-state index in [4.69, 9.17) is 4.74 Å². The number of hydrogen-bond acceptors (Lipinski definition) is 4. The molecule has 21 heavy (non-hydrogen) atoms. The molecule has 0 amide bonds. The number of rotatable bonds is 5. The molecule has 0 aliphatic heterocycles. The van der Waals surface area contributed by atoms with Crippen LogP contribution in [0.3, 0.4) is 0 Å². The molecule has 1 aromatic carbocycles. The van der Waals surface area contributed by atoms with Gasteiger partial charge < -0.3 is 14.9 Å². The van der Waals surface area contributed by atoms with E-state index >= 15 is 0 Å². The number of carboxylic acids is 2. The summed E-state index contributed by atoms with van der Waals surface area (Å²) < 4.78 is 5.10. The summed E-state index contributed by atoms with van der Waals surface area (Å²) in [5.41, 5.74) is -0.150. The van der Waals surface area contributed by atoms with Crippen LogP contribution in [0.2, 0.25) is 0 Å². The fourth-order valence-electron chi connectivity index (χ4n) is 2.05. The number of aromatic carboxylic acids is 2. The third-order valence-electron chi connectivity index (χ3n) is 2.89. The molecular formula is C15H16O6. The van der Waals surface area contributed by atoms with E-state index in [1.54, 1.807) is 20.8 Å². The number of ether oxygens (including phenoxy) is 1. The van der Waals surface area contributed by atoms with Crippen LogP contribution in [0.25, 0.3) is 0 Å². The van der Waals surface area contributed by atoms with Crippen LogP contribution in [0.5, 0.6) is 5.75 Å². The molecule has 0 spiro atoms. The van der Waals surface area contributed by atoms with Crippen LogP contribution in [0.15, 0.2) is 18.7 Å².